The fourth-order valence-corrected chi connectivity index (χ4v) is 4.84. The molecule has 0 spiro atoms. The summed E-state index contributed by atoms with van der Waals surface area (Å²) in [7, 11) is 0. The zero-order valence-electron chi connectivity index (χ0n) is 21.5. The minimum atomic E-state index is -0.728. The van der Waals surface area contributed by atoms with Crippen LogP contribution in [0.1, 0.15) is 26.3 Å². The number of piperazine rings is 1. The molecule has 0 radical (unpaired) electrons. The van der Waals surface area contributed by atoms with E-state index < -0.39 is 17.7 Å². The average Bonchev–Trinajstić information content (AvgIpc) is 3.29. The van der Waals surface area contributed by atoms with Crippen LogP contribution in [-0.2, 0) is 16.0 Å². The Labute approximate surface area is 216 Å². The summed E-state index contributed by atoms with van der Waals surface area (Å²) in [5.74, 6) is -0.0969. The van der Waals surface area contributed by atoms with Crippen LogP contribution in [0.5, 0.6) is 0 Å². The number of H-pyrrole nitrogens is 1. The van der Waals surface area contributed by atoms with Crippen molar-refractivity contribution in [3.63, 3.8) is 0 Å². The fourth-order valence-electron chi connectivity index (χ4n) is 4.84. The lowest BCUT2D eigenvalue weighted by atomic mass is 10.0. The van der Waals surface area contributed by atoms with Gasteiger partial charge in [0.05, 0.1) is 0 Å². The van der Waals surface area contributed by atoms with E-state index in [2.05, 4.69) is 38.4 Å². The molecule has 0 saturated carbocycles. The largest absolute Gasteiger partial charge is 0.444 e. The Hall–Kier alpha value is -4.07. The molecular weight excluding hydrogens is 466 g/mol. The van der Waals surface area contributed by atoms with Crippen molar-refractivity contribution in [3.05, 3.63) is 72.7 Å². The molecule has 2 aromatic carbocycles. The summed E-state index contributed by atoms with van der Waals surface area (Å²) in [6, 6.07) is 15.6. The molecule has 1 atom stereocenters. The van der Waals surface area contributed by atoms with Gasteiger partial charge in [0.15, 0.2) is 0 Å². The van der Waals surface area contributed by atoms with Crippen LogP contribution in [0.4, 0.5) is 10.5 Å². The van der Waals surface area contributed by atoms with E-state index in [-0.39, 0.29) is 5.91 Å². The van der Waals surface area contributed by atoms with E-state index in [1.54, 1.807) is 6.20 Å². The smallest absolute Gasteiger partial charge is 0.408 e. The standard InChI is InChI=1S/C29H33N5O3/c1-29(2,3)37-28(36)32-26(17-22-19-31-25-7-5-4-6-24(22)25)27(35)34-14-12-33(13-15-34)23-9-8-21-18-30-11-10-20(21)16-23/h4-11,16,18-19,26,31H,12-15,17H2,1-3H3,(H,32,36). The van der Waals surface area contributed by atoms with Crippen LogP contribution in [-0.4, -0.2) is 64.7 Å². The second-order valence-corrected chi connectivity index (χ2v) is 10.5. The number of amides is 2. The number of hydrogen-bond donors (Lipinski definition) is 2. The predicted molar refractivity (Wildman–Crippen MR) is 146 cm³/mol. The number of anilines is 1. The number of rotatable bonds is 5. The Morgan fingerprint density at radius 2 is 1.84 bits per heavy atom. The molecule has 5 rings (SSSR count). The molecule has 3 heterocycles. The van der Waals surface area contributed by atoms with Gasteiger partial charge in [0, 0.05) is 73.2 Å². The zero-order valence-corrected chi connectivity index (χ0v) is 21.5. The number of pyridine rings is 1. The van der Waals surface area contributed by atoms with Gasteiger partial charge in [-0.15, -0.1) is 0 Å². The molecule has 1 fully saturated rings. The minimum absolute atomic E-state index is 0.0969. The topological polar surface area (TPSA) is 90.6 Å². The van der Waals surface area contributed by atoms with Gasteiger partial charge in [0.25, 0.3) is 0 Å². The molecule has 1 unspecified atom stereocenters. The molecule has 2 aromatic heterocycles. The Morgan fingerprint density at radius 1 is 1.05 bits per heavy atom. The molecule has 8 heteroatoms. The van der Waals surface area contributed by atoms with Crippen LogP contribution in [0.3, 0.4) is 0 Å². The summed E-state index contributed by atoms with van der Waals surface area (Å²) in [4.78, 5) is 38.0. The molecule has 0 bridgehead atoms. The van der Waals surface area contributed by atoms with E-state index in [0.29, 0.717) is 32.6 Å². The number of benzene rings is 2. The highest BCUT2D eigenvalue weighted by Crippen LogP contribution is 2.24. The maximum absolute atomic E-state index is 13.7. The number of carbonyl (C=O) groups is 2. The molecule has 192 valence electrons. The maximum atomic E-state index is 13.7. The van der Waals surface area contributed by atoms with Crippen molar-refractivity contribution < 1.29 is 14.3 Å². The summed E-state index contributed by atoms with van der Waals surface area (Å²) in [6.45, 7) is 8.02. The van der Waals surface area contributed by atoms with Crippen LogP contribution in [0.25, 0.3) is 21.7 Å². The summed E-state index contributed by atoms with van der Waals surface area (Å²) in [5.41, 5.74) is 2.46. The van der Waals surface area contributed by atoms with Gasteiger partial charge in [0.2, 0.25) is 5.91 Å². The van der Waals surface area contributed by atoms with E-state index in [9.17, 15) is 9.59 Å². The Morgan fingerprint density at radius 3 is 2.62 bits per heavy atom. The number of para-hydroxylation sites is 1. The number of alkyl carbamates (subject to hydrolysis) is 1. The molecule has 1 aliphatic heterocycles. The molecule has 0 aliphatic carbocycles. The second kappa shape index (κ2) is 10.1. The third kappa shape index (κ3) is 5.69. The van der Waals surface area contributed by atoms with Crippen LogP contribution < -0.4 is 10.2 Å². The monoisotopic (exact) mass is 499 g/mol. The van der Waals surface area contributed by atoms with Crippen LogP contribution in [0.15, 0.2) is 67.1 Å². The van der Waals surface area contributed by atoms with Crippen molar-refractivity contribution in [1.82, 2.24) is 20.2 Å². The molecule has 4 aromatic rings. The van der Waals surface area contributed by atoms with Gasteiger partial charge in [-0.25, -0.2) is 4.79 Å². The zero-order chi connectivity index (χ0) is 26.0. The molecule has 2 N–H and O–H groups in total. The van der Waals surface area contributed by atoms with E-state index >= 15 is 0 Å². The lowest BCUT2D eigenvalue weighted by Crippen LogP contribution is -2.56. The van der Waals surface area contributed by atoms with Gasteiger partial charge in [-0.3, -0.25) is 9.78 Å². The van der Waals surface area contributed by atoms with E-state index in [4.69, 9.17) is 4.74 Å². The van der Waals surface area contributed by atoms with Gasteiger partial charge < -0.3 is 24.8 Å². The van der Waals surface area contributed by atoms with E-state index in [1.165, 1.54) is 0 Å². The van der Waals surface area contributed by atoms with Crippen molar-refractivity contribution in [1.29, 1.82) is 0 Å². The lowest BCUT2D eigenvalue weighted by molar-refractivity contribution is -0.133. The maximum Gasteiger partial charge on any atom is 0.408 e. The van der Waals surface area contributed by atoms with E-state index in [1.807, 2.05) is 68.4 Å². The number of nitrogens with zero attached hydrogens (tertiary/aromatic N) is 3. The van der Waals surface area contributed by atoms with Crippen LogP contribution in [0.2, 0.25) is 0 Å². The molecule has 1 saturated heterocycles. The van der Waals surface area contributed by atoms with Crippen molar-refractivity contribution in [2.45, 2.75) is 38.8 Å². The summed E-state index contributed by atoms with van der Waals surface area (Å²) >= 11 is 0. The van der Waals surface area contributed by atoms with Crippen LogP contribution in [0, 0.1) is 0 Å². The van der Waals surface area contributed by atoms with Gasteiger partial charge in [-0.1, -0.05) is 24.3 Å². The Bertz CT molecular complexity index is 1420. The molecule has 8 nitrogen and oxygen atoms in total. The van der Waals surface area contributed by atoms with Gasteiger partial charge >= 0.3 is 6.09 Å². The Kier molecular flexibility index (Phi) is 6.74. The minimum Gasteiger partial charge on any atom is -0.444 e. The first kappa shape index (κ1) is 24.6. The third-order valence-corrected chi connectivity index (χ3v) is 6.67. The normalized spacial score (nSPS) is 15.1. The quantitative estimate of drug-likeness (QED) is 0.422. The molecule has 1 aliphatic rings. The molecule has 37 heavy (non-hydrogen) atoms. The number of fused-ring (bicyclic) bond motifs is 2. The van der Waals surface area contributed by atoms with Crippen molar-refractivity contribution in [3.8, 4) is 0 Å². The lowest BCUT2D eigenvalue weighted by Gasteiger charge is -2.38. The van der Waals surface area contributed by atoms with Gasteiger partial charge in [-0.05, 0) is 56.0 Å². The van der Waals surface area contributed by atoms with Crippen molar-refractivity contribution >= 4 is 39.4 Å². The first-order chi connectivity index (χ1) is 17.8. The highest BCUT2D eigenvalue weighted by Gasteiger charge is 2.31. The Balaban J connectivity index is 1.30. The average molecular weight is 500 g/mol. The SMILES string of the molecule is CC(C)(C)OC(=O)NC(Cc1c[nH]c2ccccc12)C(=O)N1CCN(c2ccc3cnccc3c2)CC1. The third-order valence-electron chi connectivity index (χ3n) is 6.67. The number of aromatic amines is 1. The first-order valence-corrected chi connectivity index (χ1v) is 12.7. The number of nitrogens with one attached hydrogen (secondary N) is 2. The van der Waals surface area contributed by atoms with Gasteiger partial charge in [0.1, 0.15) is 11.6 Å². The highest BCUT2D eigenvalue weighted by atomic mass is 16.6. The fraction of sp³-hybridized carbons (Fsp3) is 0.345. The van der Waals surface area contributed by atoms with E-state index in [0.717, 1.165) is 32.9 Å². The molecular formula is C29H33N5O3. The van der Waals surface area contributed by atoms with Gasteiger partial charge in [-0.2, -0.15) is 0 Å². The number of ether oxygens (including phenoxy) is 1. The summed E-state index contributed by atoms with van der Waals surface area (Å²) in [5, 5.41) is 6.14. The van der Waals surface area contributed by atoms with Crippen LogP contribution >= 0.6 is 0 Å². The second-order valence-electron chi connectivity index (χ2n) is 10.5. The summed E-state index contributed by atoms with van der Waals surface area (Å²) in [6.07, 6.45) is 5.36. The highest BCUT2D eigenvalue weighted by molar-refractivity contribution is 5.89. The first-order valence-electron chi connectivity index (χ1n) is 12.7. The summed E-state index contributed by atoms with van der Waals surface area (Å²) < 4.78 is 5.48. The van der Waals surface area contributed by atoms with Crippen molar-refractivity contribution in [2.75, 3.05) is 31.1 Å². The van der Waals surface area contributed by atoms with Crippen molar-refractivity contribution in [2.24, 2.45) is 0 Å². The number of carbonyl (C=O) groups excluding carboxylic acids is 2. The number of aromatic nitrogens is 2. The molecule has 2 amide bonds. The number of hydrogen-bond acceptors (Lipinski definition) is 5. The predicted octanol–water partition coefficient (Wildman–Crippen LogP) is 4.50.